The fourth-order valence-corrected chi connectivity index (χ4v) is 2.24. The van der Waals surface area contributed by atoms with E-state index in [4.69, 9.17) is 0 Å². The topological polar surface area (TPSA) is 59.1 Å². The summed E-state index contributed by atoms with van der Waals surface area (Å²) in [5.74, 6) is 0. The van der Waals surface area contributed by atoms with Gasteiger partial charge in [-0.25, -0.2) is 18.1 Å². The quantitative estimate of drug-likeness (QED) is 0.666. The minimum Gasteiger partial charge on any atom is -0.248 e. The van der Waals surface area contributed by atoms with Crippen molar-refractivity contribution in [2.24, 2.45) is 0 Å². The summed E-state index contributed by atoms with van der Waals surface area (Å²) in [5.41, 5.74) is 0. The number of halogens is 1. The van der Waals surface area contributed by atoms with Crippen LogP contribution in [0.25, 0.3) is 0 Å². The fourth-order valence-electron chi connectivity index (χ4n) is 0.988. The molecule has 0 aliphatic heterocycles. The molecule has 1 N–H and O–H groups in total. The summed E-state index contributed by atoms with van der Waals surface area (Å²) < 4.78 is 26.4. The van der Waals surface area contributed by atoms with E-state index in [1.165, 1.54) is 12.3 Å². The first-order valence-corrected chi connectivity index (χ1v) is 6.95. The first-order chi connectivity index (χ1) is 7.06. The Labute approximate surface area is 98.3 Å². The van der Waals surface area contributed by atoms with Crippen molar-refractivity contribution in [3.63, 3.8) is 0 Å². The summed E-state index contributed by atoms with van der Waals surface area (Å²) in [4.78, 5) is 4.07. The van der Waals surface area contributed by atoms with E-state index in [0.29, 0.717) is 11.1 Å². The van der Waals surface area contributed by atoms with Crippen molar-refractivity contribution >= 4 is 26.0 Å². The summed E-state index contributed by atoms with van der Waals surface area (Å²) >= 11 is 3.15. The van der Waals surface area contributed by atoms with E-state index in [0.717, 1.165) is 12.8 Å². The van der Waals surface area contributed by atoms with Crippen molar-refractivity contribution in [3.8, 4) is 0 Å². The highest BCUT2D eigenvalue weighted by atomic mass is 79.9. The van der Waals surface area contributed by atoms with Gasteiger partial charge in [0.25, 0.3) is 0 Å². The van der Waals surface area contributed by atoms with Gasteiger partial charge in [0.1, 0.15) is 9.50 Å². The summed E-state index contributed by atoms with van der Waals surface area (Å²) in [6.07, 6.45) is 3.13. The largest absolute Gasteiger partial charge is 0.248 e. The van der Waals surface area contributed by atoms with Crippen molar-refractivity contribution in [2.45, 2.75) is 24.7 Å². The van der Waals surface area contributed by atoms with E-state index in [-0.39, 0.29) is 4.90 Å². The van der Waals surface area contributed by atoms with E-state index >= 15 is 0 Å². The van der Waals surface area contributed by atoms with Crippen LogP contribution in [0.1, 0.15) is 19.8 Å². The van der Waals surface area contributed by atoms with Crippen molar-refractivity contribution in [3.05, 3.63) is 22.9 Å². The molecule has 84 valence electrons. The van der Waals surface area contributed by atoms with Gasteiger partial charge < -0.3 is 0 Å². The molecule has 1 aromatic rings. The van der Waals surface area contributed by atoms with E-state index in [2.05, 4.69) is 25.6 Å². The SMILES string of the molecule is CCCCNS(=O)(=O)c1ccc(Br)nc1. The summed E-state index contributed by atoms with van der Waals surface area (Å²) in [7, 11) is -3.38. The standard InChI is InChI=1S/C9H13BrN2O2S/c1-2-3-6-12-15(13,14)8-4-5-9(10)11-7-8/h4-5,7,12H,2-3,6H2,1H3. The molecule has 1 rings (SSSR count). The highest BCUT2D eigenvalue weighted by molar-refractivity contribution is 9.10. The van der Waals surface area contributed by atoms with Crippen LogP contribution in [0.4, 0.5) is 0 Å². The molecule has 0 aliphatic carbocycles. The molecular weight excluding hydrogens is 280 g/mol. The second-order valence-corrected chi connectivity index (χ2v) is 5.65. The van der Waals surface area contributed by atoms with Crippen LogP contribution in [-0.4, -0.2) is 19.9 Å². The average molecular weight is 293 g/mol. The lowest BCUT2D eigenvalue weighted by Gasteiger charge is -2.05. The monoisotopic (exact) mass is 292 g/mol. The van der Waals surface area contributed by atoms with Crippen LogP contribution in [-0.2, 0) is 10.0 Å². The number of pyridine rings is 1. The molecular formula is C9H13BrN2O2S. The van der Waals surface area contributed by atoms with E-state index in [9.17, 15) is 8.42 Å². The molecule has 0 unspecified atom stereocenters. The molecule has 0 aromatic carbocycles. The molecule has 0 saturated carbocycles. The van der Waals surface area contributed by atoms with Gasteiger partial charge in [-0.05, 0) is 34.5 Å². The van der Waals surface area contributed by atoms with Crippen molar-refractivity contribution in [2.75, 3.05) is 6.54 Å². The zero-order valence-corrected chi connectivity index (χ0v) is 10.8. The Morgan fingerprint density at radius 2 is 2.20 bits per heavy atom. The van der Waals surface area contributed by atoms with Gasteiger partial charge in [-0.3, -0.25) is 0 Å². The van der Waals surface area contributed by atoms with Crippen LogP contribution in [0.3, 0.4) is 0 Å². The van der Waals surface area contributed by atoms with Gasteiger partial charge in [-0.2, -0.15) is 0 Å². The first-order valence-electron chi connectivity index (χ1n) is 4.67. The van der Waals surface area contributed by atoms with Gasteiger partial charge in [-0.1, -0.05) is 13.3 Å². The molecule has 0 radical (unpaired) electrons. The van der Waals surface area contributed by atoms with Gasteiger partial charge in [0.05, 0.1) is 0 Å². The number of nitrogens with zero attached hydrogens (tertiary/aromatic N) is 1. The molecule has 0 aliphatic rings. The molecule has 6 heteroatoms. The zero-order chi connectivity index (χ0) is 11.3. The molecule has 0 fully saturated rings. The predicted molar refractivity (Wildman–Crippen MR) is 62.0 cm³/mol. The minimum atomic E-state index is -3.38. The highest BCUT2D eigenvalue weighted by Gasteiger charge is 2.12. The Bertz CT molecular complexity index is 403. The van der Waals surface area contributed by atoms with E-state index < -0.39 is 10.0 Å². The lowest BCUT2D eigenvalue weighted by atomic mass is 10.3. The first kappa shape index (κ1) is 12.6. The number of sulfonamides is 1. The lowest BCUT2D eigenvalue weighted by Crippen LogP contribution is -2.24. The normalized spacial score (nSPS) is 11.6. The van der Waals surface area contributed by atoms with Gasteiger partial charge in [0.15, 0.2) is 0 Å². The van der Waals surface area contributed by atoms with Crippen LogP contribution >= 0.6 is 15.9 Å². The molecule has 4 nitrogen and oxygen atoms in total. The maximum atomic E-state index is 11.7. The summed E-state index contributed by atoms with van der Waals surface area (Å²) in [6.45, 7) is 2.48. The summed E-state index contributed by atoms with van der Waals surface area (Å²) in [5, 5.41) is 0. The van der Waals surface area contributed by atoms with Crippen LogP contribution in [0.15, 0.2) is 27.8 Å². The molecule has 0 spiro atoms. The fraction of sp³-hybridized carbons (Fsp3) is 0.444. The minimum absolute atomic E-state index is 0.196. The van der Waals surface area contributed by atoms with Crippen molar-refractivity contribution in [1.29, 1.82) is 0 Å². The lowest BCUT2D eigenvalue weighted by molar-refractivity contribution is 0.578. The van der Waals surface area contributed by atoms with Gasteiger partial charge in [-0.15, -0.1) is 0 Å². The third kappa shape index (κ3) is 3.89. The van der Waals surface area contributed by atoms with Gasteiger partial charge in [0.2, 0.25) is 10.0 Å². The number of hydrogen-bond donors (Lipinski definition) is 1. The van der Waals surface area contributed by atoms with Gasteiger partial charge >= 0.3 is 0 Å². The molecule has 0 bridgehead atoms. The van der Waals surface area contributed by atoms with Gasteiger partial charge in [0, 0.05) is 12.7 Å². The Morgan fingerprint density at radius 3 is 2.73 bits per heavy atom. The smallest absolute Gasteiger partial charge is 0.242 e. The third-order valence-corrected chi connectivity index (χ3v) is 3.75. The Hall–Kier alpha value is -0.460. The Balaban J connectivity index is 2.73. The molecule has 15 heavy (non-hydrogen) atoms. The predicted octanol–water partition coefficient (Wildman–Crippen LogP) is 1.92. The highest BCUT2D eigenvalue weighted by Crippen LogP contribution is 2.10. The molecule has 1 aromatic heterocycles. The second-order valence-electron chi connectivity index (χ2n) is 3.07. The molecule has 1 heterocycles. The van der Waals surface area contributed by atoms with Crippen LogP contribution < -0.4 is 4.72 Å². The maximum absolute atomic E-state index is 11.7. The number of aromatic nitrogens is 1. The van der Waals surface area contributed by atoms with Crippen LogP contribution in [0.5, 0.6) is 0 Å². The molecule has 0 saturated heterocycles. The number of rotatable bonds is 5. The number of hydrogen-bond acceptors (Lipinski definition) is 3. The Morgan fingerprint density at radius 1 is 1.47 bits per heavy atom. The average Bonchev–Trinajstić information content (AvgIpc) is 2.18. The van der Waals surface area contributed by atoms with E-state index in [1.54, 1.807) is 6.07 Å². The second kappa shape index (κ2) is 5.58. The summed E-state index contributed by atoms with van der Waals surface area (Å²) in [6, 6.07) is 3.12. The van der Waals surface area contributed by atoms with Crippen LogP contribution in [0.2, 0.25) is 0 Å². The number of unbranched alkanes of at least 4 members (excludes halogenated alkanes) is 1. The van der Waals surface area contributed by atoms with Crippen molar-refractivity contribution < 1.29 is 8.42 Å². The molecule has 0 atom stereocenters. The zero-order valence-electron chi connectivity index (χ0n) is 8.40. The van der Waals surface area contributed by atoms with Crippen molar-refractivity contribution in [1.82, 2.24) is 9.71 Å². The third-order valence-electron chi connectivity index (χ3n) is 1.83. The molecule has 0 amide bonds. The van der Waals surface area contributed by atoms with E-state index in [1.807, 2.05) is 6.92 Å². The number of nitrogens with one attached hydrogen (secondary N) is 1. The maximum Gasteiger partial charge on any atom is 0.242 e. The van der Waals surface area contributed by atoms with Crippen LogP contribution in [0, 0.1) is 0 Å². The Kier molecular flexibility index (Phi) is 4.69.